The Bertz CT molecular complexity index is 1290. The summed E-state index contributed by atoms with van der Waals surface area (Å²) in [5.74, 6) is 0.398. The first kappa shape index (κ1) is 25.2. The quantitative estimate of drug-likeness (QED) is 0.219. The molecule has 0 aliphatic rings. The SMILES string of the molecule is CCOC(=O)Oc1ccc(Br)cc1-c1cn(C(C)=O)cn1.Oc1ccc(Br)cc1-c1cnc[nH]1. The Hall–Kier alpha value is -3.44. The minimum absolute atomic E-state index is 0.156. The van der Waals surface area contributed by atoms with Gasteiger partial charge in [-0.2, -0.15) is 0 Å². The van der Waals surface area contributed by atoms with Gasteiger partial charge in [0.1, 0.15) is 17.8 Å². The first-order valence-electron chi connectivity index (χ1n) is 9.95. The highest BCUT2D eigenvalue weighted by Gasteiger charge is 2.15. The fourth-order valence-corrected chi connectivity index (χ4v) is 3.51. The van der Waals surface area contributed by atoms with E-state index in [1.54, 1.807) is 56.0 Å². The molecule has 34 heavy (non-hydrogen) atoms. The molecule has 0 fully saturated rings. The van der Waals surface area contributed by atoms with Crippen LogP contribution in [-0.4, -0.2) is 43.3 Å². The van der Waals surface area contributed by atoms with Crippen molar-refractivity contribution in [2.75, 3.05) is 6.61 Å². The first-order valence-corrected chi connectivity index (χ1v) is 11.5. The number of hydrogen-bond donors (Lipinski definition) is 2. The summed E-state index contributed by atoms with van der Waals surface area (Å²) in [5, 5.41) is 9.54. The van der Waals surface area contributed by atoms with Gasteiger partial charge in [0, 0.05) is 33.2 Å². The van der Waals surface area contributed by atoms with Crippen LogP contribution in [0.25, 0.3) is 22.5 Å². The third-order valence-electron chi connectivity index (χ3n) is 4.37. The predicted octanol–water partition coefficient (Wildman–Crippen LogP) is 6.05. The Balaban J connectivity index is 0.000000212. The number of halogens is 2. The molecule has 0 aliphatic heterocycles. The molecule has 0 unspecified atom stereocenters. The van der Waals surface area contributed by atoms with Crippen LogP contribution in [0.1, 0.15) is 18.6 Å². The van der Waals surface area contributed by atoms with Gasteiger partial charge in [-0.15, -0.1) is 0 Å². The number of imidazole rings is 2. The van der Waals surface area contributed by atoms with Gasteiger partial charge in [-0.05, 0) is 43.3 Å². The zero-order valence-electron chi connectivity index (χ0n) is 18.2. The predicted molar refractivity (Wildman–Crippen MR) is 133 cm³/mol. The molecule has 0 spiro atoms. The summed E-state index contributed by atoms with van der Waals surface area (Å²) in [5.41, 5.74) is 2.65. The smallest absolute Gasteiger partial charge is 0.507 e. The van der Waals surface area contributed by atoms with Crippen molar-refractivity contribution in [3.8, 4) is 34.0 Å². The van der Waals surface area contributed by atoms with E-state index in [-0.39, 0.29) is 18.3 Å². The van der Waals surface area contributed by atoms with Crippen LogP contribution in [0.5, 0.6) is 11.5 Å². The lowest BCUT2D eigenvalue weighted by Crippen LogP contribution is -2.10. The fourth-order valence-electron chi connectivity index (χ4n) is 2.79. The lowest BCUT2D eigenvalue weighted by molar-refractivity contribution is 0.0935. The highest BCUT2D eigenvalue weighted by molar-refractivity contribution is 9.10. The fraction of sp³-hybridized carbons (Fsp3) is 0.130. The van der Waals surface area contributed by atoms with Crippen molar-refractivity contribution < 1.29 is 24.2 Å². The number of carbonyl (C=O) groups excluding carboxylic acids is 2. The summed E-state index contributed by atoms with van der Waals surface area (Å²) in [6, 6.07) is 10.4. The summed E-state index contributed by atoms with van der Waals surface area (Å²) < 4.78 is 13.0. The maximum atomic E-state index is 11.5. The molecular formula is C23H20Br2N4O5. The molecule has 2 aromatic heterocycles. The molecule has 2 N–H and O–H groups in total. The molecule has 4 rings (SSSR count). The standard InChI is InChI=1S/C14H13BrN2O4.C9H7BrN2O/c1-3-20-14(19)21-13-5-4-10(15)6-11(13)12-7-17(8-16-12)9(2)18;10-6-1-2-9(13)7(3-6)8-4-11-5-12-8/h4-8H,3H2,1-2H3;1-5,13H,(H,11,12). The molecule has 4 aromatic rings. The number of ether oxygens (including phenoxy) is 2. The highest BCUT2D eigenvalue weighted by Crippen LogP contribution is 2.32. The zero-order chi connectivity index (χ0) is 24.7. The number of H-pyrrole nitrogens is 1. The second-order valence-corrected chi connectivity index (χ2v) is 8.57. The van der Waals surface area contributed by atoms with Gasteiger partial charge in [0.15, 0.2) is 0 Å². The van der Waals surface area contributed by atoms with Gasteiger partial charge in [0.2, 0.25) is 5.91 Å². The van der Waals surface area contributed by atoms with Crippen LogP contribution in [0, 0.1) is 0 Å². The van der Waals surface area contributed by atoms with Gasteiger partial charge in [-0.1, -0.05) is 31.9 Å². The molecule has 11 heteroatoms. The molecule has 0 radical (unpaired) electrons. The van der Waals surface area contributed by atoms with Crippen molar-refractivity contribution in [1.29, 1.82) is 0 Å². The number of carbonyl (C=O) groups is 2. The topological polar surface area (TPSA) is 119 Å². The Morgan fingerprint density at radius 2 is 1.82 bits per heavy atom. The largest absolute Gasteiger partial charge is 0.513 e. The van der Waals surface area contributed by atoms with Crippen LogP contribution in [0.2, 0.25) is 0 Å². The minimum atomic E-state index is -0.785. The molecule has 2 aromatic carbocycles. The van der Waals surface area contributed by atoms with Crippen LogP contribution >= 0.6 is 31.9 Å². The number of aromatic hydroxyl groups is 1. The summed E-state index contributed by atoms with van der Waals surface area (Å²) in [6.07, 6.45) is 5.44. The lowest BCUT2D eigenvalue weighted by Gasteiger charge is -2.08. The van der Waals surface area contributed by atoms with Crippen LogP contribution in [0.15, 0.2) is 70.4 Å². The van der Waals surface area contributed by atoms with Gasteiger partial charge in [-0.3, -0.25) is 9.36 Å². The number of rotatable bonds is 4. The molecule has 2 heterocycles. The van der Waals surface area contributed by atoms with E-state index in [1.165, 1.54) is 17.8 Å². The zero-order valence-corrected chi connectivity index (χ0v) is 21.3. The molecular weight excluding hydrogens is 572 g/mol. The molecule has 0 amide bonds. The van der Waals surface area contributed by atoms with E-state index in [9.17, 15) is 14.7 Å². The van der Waals surface area contributed by atoms with Crippen molar-refractivity contribution in [3.05, 3.63) is 70.4 Å². The van der Waals surface area contributed by atoms with E-state index in [2.05, 4.69) is 46.8 Å². The normalized spacial score (nSPS) is 10.2. The average Bonchev–Trinajstić information content (AvgIpc) is 3.50. The van der Waals surface area contributed by atoms with E-state index in [1.807, 2.05) is 6.07 Å². The number of hydrogen-bond acceptors (Lipinski definition) is 7. The Morgan fingerprint density at radius 3 is 2.44 bits per heavy atom. The minimum Gasteiger partial charge on any atom is -0.507 e. The highest BCUT2D eigenvalue weighted by atomic mass is 79.9. The van der Waals surface area contributed by atoms with E-state index in [0.29, 0.717) is 17.0 Å². The number of aromatic amines is 1. The van der Waals surface area contributed by atoms with Gasteiger partial charge >= 0.3 is 6.16 Å². The number of nitrogens with one attached hydrogen (secondary N) is 1. The lowest BCUT2D eigenvalue weighted by atomic mass is 10.1. The van der Waals surface area contributed by atoms with Crippen LogP contribution in [-0.2, 0) is 4.74 Å². The van der Waals surface area contributed by atoms with Crippen molar-refractivity contribution in [2.24, 2.45) is 0 Å². The Kier molecular flexibility index (Phi) is 8.61. The number of phenolic OH excluding ortho intramolecular Hbond substituents is 1. The maximum absolute atomic E-state index is 11.5. The maximum Gasteiger partial charge on any atom is 0.513 e. The average molecular weight is 592 g/mol. The van der Waals surface area contributed by atoms with Gasteiger partial charge < -0.3 is 19.6 Å². The first-order chi connectivity index (χ1) is 16.3. The summed E-state index contributed by atoms with van der Waals surface area (Å²) in [4.78, 5) is 33.7. The second-order valence-electron chi connectivity index (χ2n) is 6.74. The van der Waals surface area contributed by atoms with E-state index < -0.39 is 6.16 Å². The summed E-state index contributed by atoms with van der Waals surface area (Å²) in [6.45, 7) is 3.35. The van der Waals surface area contributed by atoms with E-state index in [4.69, 9.17) is 9.47 Å². The molecule has 0 bridgehead atoms. The number of phenols is 1. The summed E-state index contributed by atoms with van der Waals surface area (Å²) >= 11 is 6.69. The number of benzene rings is 2. The third-order valence-corrected chi connectivity index (χ3v) is 5.35. The van der Waals surface area contributed by atoms with Crippen LogP contribution in [0.4, 0.5) is 4.79 Å². The van der Waals surface area contributed by atoms with Crippen molar-refractivity contribution in [1.82, 2.24) is 19.5 Å². The van der Waals surface area contributed by atoms with E-state index >= 15 is 0 Å². The van der Waals surface area contributed by atoms with Gasteiger partial charge in [-0.25, -0.2) is 14.8 Å². The Labute approximate surface area is 212 Å². The van der Waals surface area contributed by atoms with Crippen molar-refractivity contribution >= 4 is 43.9 Å². The molecule has 0 aliphatic carbocycles. The molecule has 0 atom stereocenters. The van der Waals surface area contributed by atoms with Crippen molar-refractivity contribution in [2.45, 2.75) is 13.8 Å². The molecule has 0 saturated heterocycles. The third kappa shape index (κ3) is 6.55. The number of nitrogens with zero attached hydrogens (tertiary/aromatic N) is 3. The molecule has 176 valence electrons. The van der Waals surface area contributed by atoms with Gasteiger partial charge in [0.25, 0.3) is 0 Å². The summed E-state index contributed by atoms with van der Waals surface area (Å²) in [7, 11) is 0. The van der Waals surface area contributed by atoms with Gasteiger partial charge in [0.05, 0.1) is 30.5 Å². The number of aromatic nitrogens is 4. The van der Waals surface area contributed by atoms with Crippen molar-refractivity contribution in [3.63, 3.8) is 0 Å². The Morgan fingerprint density at radius 1 is 1.12 bits per heavy atom. The van der Waals surface area contributed by atoms with Crippen LogP contribution in [0.3, 0.4) is 0 Å². The second kappa shape index (κ2) is 11.6. The monoisotopic (exact) mass is 590 g/mol. The van der Waals surface area contributed by atoms with E-state index in [0.717, 1.165) is 20.2 Å². The molecule has 0 saturated carbocycles. The van der Waals surface area contributed by atoms with Crippen LogP contribution < -0.4 is 4.74 Å². The molecule has 9 nitrogen and oxygen atoms in total.